The third-order valence-corrected chi connectivity index (χ3v) is 6.09. The molecule has 0 aliphatic carbocycles. The van der Waals surface area contributed by atoms with Gasteiger partial charge in [-0.3, -0.25) is 19.3 Å². The first kappa shape index (κ1) is 25.5. The second kappa shape index (κ2) is 10.6. The van der Waals surface area contributed by atoms with Gasteiger partial charge in [0.05, 0.1) is 25.3 Å². The summed E-state index contributed by atoms with van der Waals surface area (Å²) in [6, 6.07) is 17.8. The minimum absolute atomic E-state index is 0.0519. The van der Waals surface area contributed by atoms with E-state index >= 15 is 0 Å². The van der Waals surface area contributed by atoms with Crippen molar-refractivity contribution in [1.82, 2.24) is 0 Å². The smallest absolute Gasteiger partial charge is 0.300 e. The van der Waals surface area contributed by atoms with Gasteiger partial charge in [0.1, 0.15) is 17.3 Å². The number of methoxy groups -OCH3 is 1. The number of aryl methyl sites for hydroxylation is 1. The molecular weight excluding hydrogens is 472 g/mol. The lowest BCUT2D eigenvalue weighted by atomic mass is 9.94. The number of benzene rings is 3. The van der Waals surface area contributed by atoms with Crippen LogP contribution in [0.3, 0.4) is 0 Å². The molecule has 1 unspecified atom stereocenters. The van der Waals surface area contributed by atoms with Gasteiger partial charge in [0.25, 0.3) is 11.7 Å². The summed E-state index contributed by atoms with van der Waals surface area (Å²) in [7, 11) is 1.50. The normalized spacial score (nSPS) is 16.5. The van der Waals surface area contributed by atoms with Crippen LogP contribution in [0.15, 0.2) is 72.3 Å². The van der Waals surface area contributed by atoms with Gasteiger partial charge in [-0.2, -0.15) is 0 Å². The average molecular weight is 501 g/mol. The highest BCUT2D eigenvalue weighted by atomic mass is 16.5. The van der Waals surface area contributed by atoms with Crippen LogP contribution in [0.4, 0.5) is 11.4 Å². The Balaban J connectivity index is 1.90. The van der Waals surface area contributed by atoms with Gasteiger partial charge in [-0.15, -0.1) is 0 Å². The molecule has 2 amide bonds. The Bertz CT molecular complexity index is 1390. The average Bonchev–Trinajstić information content (AvgIpc) is 3.15. The Morgan fingerprint density at radius 3 is 2.35 bits per heavy atom. The molecule has 2 N–H and O–H groups in total. The summed E-state index contributed by atoms with van der Waals surface area (Å²) < 4.78 is 11.1. The maximum atomic E-state index is 13.4. The molecule has 37 heavy (non-hydrogen) atoms. The van der Waals surface area contributed by atoms with Crippen molar-refractivity contribution >= 4 is 34.7 Å². The van der Waals surface area contributed by atoms with E-state index in [1.54, 1.807) is 66.7 Å². The molecule has 8 heteroatoms. The second-order valence-electron chi connectivity index (χ2n) is 8.55. The number of Topliss-reactive ketones (excluding diaryl/α,β-unsaturated/α-hetero) is 1. The van der Waals surface area contributed by atoms with Crippen molar-refractivity contribution in [3.05, 3.63) is 89.0 Å². The fourth-order valence-corrected chi connectivity index (χ4v) is 4.46. The Morgan fingerprint density at radius 1 is 1.03 bits per heavy atom. The SMILES string of the molecule is CCOc1ccc(/C(O)=C2\C(=O)C(=O)N(c3ccc(NC(C)=O)cc3)C2c2ccccc2OC)cc1C. The number of aliphatic hydroxyl groups is 1. The van der Waals surface area contributed by atoms with Crippen molar-refractivity contribution < 1.29 is 29.0 Å². The van der Waals surface area contributed by atoms with Crippen molar-refractivity contribution in [2.45, 2.75) is 26.8 Å². The fourth-order valence-electron chi connectivity index (χ4n) is 4.46. The summed E-state index contributed by atoms with van der Waals surface area (Å²) >= 11 is 0. The minimum atomic E-state index is -0.949. The van der Waals surface area contributed by atoms with Crippen LogP contribution in [0.2, 0.25) is 0 Å². The highest BCUT2D eigenvalue weighted by Crippen LogP contribution is 2.45. The third-order valence-electron chi connectivity index (χ3n) is 6.09. The highest BCUT2D eigenvalue weighted by Gasteiger charge is 2.47. The van der Waals surface area contributed by atoms with Gasteiger partial charge in [0.2, 0.25) is 5.91 Å². The maximum absolute atomic E-state index is 13.4. The molecule has 1 heterocycles. The summed E-state index contributed by atoms with van der Waals surface area (Å²) in [4.78, 5) is 39.6. The molecule has 1 saturated heterocycles. The number of ether oxygens (including phenoxy) is 2. The molecule has 0 saturated carbocycles. The lowest BCUT2D eigenvalue weighted by Crippen LogP contribution is -2.29. The van der Waals surface area contributed by atoms with Crippen LogP contribution in [0.25, 0.3) is 5.76 Å². The van der Waals surface area contributed by atoms with E-state index in [4.69, 9.17) is 9.47 Å². The lowest BCUT2D eigenvalue weighted by molar-refractivity contribution is -0.132. The topological polar surface area (TPSA) is 105 Å². The number of ketones is 1. The van der Waals surface area contributed by atoms with Crippen molar-refractivity contribution in [3.8, 4) is 11.5 Å². The Morgan fingerprint density at radius 2 is 1.73 bits per heavy atom. The van der Waals surface area contributed by atoms with E-state index in [2.05, 4.69) is 5.32 Å². The van der Waals surface area contributed by atoms with Gasteiger partial charge < -0.3 is 19.9 Å². The Labute approximate surface area is 215 Å². The quantitative estimate of drug-likeness (QED) is 0.269. The fraction of sp³-hybridized carbons (Fsp3) is 0.207. The van der Waals surface area contributed by atoms with Crippen LogP contribution < -0.4 is 19.7 Å². The standard InChI is InChI=1S/C29H28N2O6/c1-5-37-23-15-10-19(16-17(23)2)27(33)25-26(22-8-6-7-9-24(22)36-4)31(29(35)28(25)34)21-13-11-20(12-14-21)30-18(3)32/h6-16,26,33H,5H2,1-4H3,(H,30,32)/b27-25+. The summed E-state index contributed by atoms with van der Waals surface area (Å²) in [5.74, 6) is -0.994. The van der Waals surface area contributed by atoms with Crippen molar-refractivity contribution in [2.24, 2.45) is 0 Å². The summed E-state index contributed by atoms with van der Waals surface area (Å²) in [6.07, 6.45) is 0. The van der Waals surface area contributed by atoms with E-state index in [1.807, 2.05) is 13.8 Å². The number of amides is 2. The molecule has 4 rings (SSSR count). The van der Waals surface area contributed by atoms with Crippen LogP contribution in [-0.2, 0) is 14.4 Å². The molecule has 0 spiro atoms. The van der Waals surface area contributed by atoms with Crippen LogP contribution in [0.1, 0.15) is 36.6 Å². The molecule has 3 aromatic rings. The number of para-hydroxylation sites is 1. The van der Waals surface area contributed by atoms with E-state index in [1.165, 1.54) is 18.9 Å². The number of carbonyl (C=O) groups is 3. The molecule has 190 valence electrons. The molecule has 3 aromatic carbocycles. The zero-order chi connectivity index (χ0) is 26.7. The van der Waals surface area contributed by atoms with Crippen LogP contribution in [0.5, 0.6) is 11.5 Å². The molecule has 0 aromatic heterocycles. The number of nitrogens with one attached hydrogen (secondary N) is 1. The first-order valence-electron chi connectivity index (χ1n) is 11.8. The predicted molar refractivity (Wildman–Crippen MR) is 141 cm³/mol. The number of rotatable bonds is 7. The van der Waals surface area contributed by atoms with Gasteiger partial charge in [-0.05, 0) is 67.9 Å². The molecule has 1 atom stereocenters. The largest absolute Gasteiger partial charge is 0.507 e. The number of hydrogen-bond acceptors (Lipinski definition) is 6. The van der Waals surface area contributed by atoms with E-state index in [0.717, 1.165) is 5.56 Å². The van der Waals surface area contributed by atoms with Crippen LogP contribution in [-0.4, -0.2) is 36.4 Å². The van der Waals surface area contributed by atoms with Crippen molar-refractivity contribution in [2.75, 3.05) is 23.9 Å². The Hall–Kier alpha value is -4.59. The summed E-state index contributed by atoms with van der Waals surface area (Å²) in [5, 5.41) is 14.1. The number of nitrogens with zero attached hydrogens (tertiary/aromatic N) is 1. The molecule has 1 fully saturated rings. The van der Waals surface area contributed by atoms with Gasteiger partial charge in [-0.1, -0.05) is 18.2 Å². The molecular formula is C29H28N2O6. The van der Waals surface area contributed by atoms with E-state index in [0.29, 0.717) is 40.6 Å². The first-order chi connectivity index (χ1) is 17.8. The maximum Gasteiger partial charge on any atom is 0.300 e. The number of carbonyl (C=O) groups excluding carboxylic acids is 3. The van der Waals surface area contributed by atoms with Crippen molar-refractivity contribution in [1.29, 1.82) is 0 Å². The summed E-state index contributed by atoms with van der Waals surface area (Å²) in [5.41, 5.74) is 2.63. The lowest BCUT2D eigenvalue weighted by Gasteiger charge is -2.27. The summed E-state index contributed by atoms with van der Waals surface area (Å²) in [6.45, 7) is 5.61. The third kappa shape index (κ3) is 4.91. The van der Waals surface area contributed by atoms with E-state index in [9.17, 15) is 19.5 Å². The first-order valence-corrected chi connectivity index (χ1v) is 11.8. The van der Waals surface area contributed by atoms with E-state index in [-0.39, 0.29) is 17.2 Å². The van der Waals surface area contributed by atoms with E-state index < -0.39 is 17.7 Å². The van der Waals surface area contributed by atoms with Gasteiger partial charge in [0, 0.05) is 29.4 Å². The highest BCUT2D eigenvalue weighted by molar-refractivity contribution is 6.51. The second-order valence-corrected chi connectivity index (χ2v) is 8.55. The Kier molecular flexibility index (Phi) is 7.29. The minimum Gasteiger partial charge on any atom is -0.507 e. The number of hydrogen-bond donors (Lipinski definition) is 2. The van der Waals surface area contributed by atoms with Gasteiger partial charge in [-0.25, -0.2) is 0 Å². The van der Waals surface area contributed by atoms with Crippen molar-refractivity contribution in [3.63, 3.8) is 0 Å². The number of aliphatic hydroxyl groups excluding tert-OH is 1. The molecule has 0 bridgehead atoms. The van der Waals surface area contributed by atoms with Gasteiger partial charge in [0.15, 0.2) is 0 Å². The monoisotopic (exact) mass is 500 g/mol. The zero-order valence-electron chi connectivity index (χ0n) is 21.1. The number of anilines is 2. The molecule has 1 aliphatic heterocycles. The van der Waals surface area contributed by atoms with Gasteiger partial charge >= 0.3 is 0 Å². The zero-order valence-corrected chi connectivity index (χ0v) is 21.1. The van der Waals surface area contributed by atoms with Crippen LogP contribution in [0, 0.1) is 6.92 Å². The molecule has 0 radical (unpaired) electrons. The predicted octanol–water partition coefficient (Wildman–Crippen LogP) is 4.99. The molecule has 8 nitrogen and oxygen atoms in total. The molecule has 1 aliphatic rings. The van der Waals surface area contributed by atoms with Crippen LogP contribution >= 0.6 is 0 Å².